The van der Waals surface area contributed by atoms with Gasteiger partial charge in [0.25, 0.3) is 5.69 Å². The molecular weight excluding hydrogens is 490 g/mol. The Bertz CT molecular complexity index is 1360. The Hall–Kier alpha value is -3.98. The molecule has 0 atom stereocenters. The monoisotopic (exact) mass is 507 g/mol. The van der Waals surface area contributed by atoms with E-state index in [9.17, 15) is 14.9 Å². The number of benzene rings is 3. The Labute approximate surface area is 197 Å². The number of amides is 1. The standard InChI is InChI=1S/C24H18BrN3O5/c1-15-2-4-16(5-3-15)14-32-22-8-6-17(10-20(22)25)13-26-27-24(29)23-12-18-11-19(28(30)31)7-9-21(18)33-23/h2-13H,14H2,1H3,(H,27,29)/b26-13+. The average Bonchev–Trinajstić information content (AvgIpc) is 3.23. The van der Waals surface area contributed by atoms with Crippen LogP contribution in [-0.2, 0) is 6.61 Å². The second-order valence-electron chi connectivity index (χ2n) is 7.25. The van der Waals surface area contributed by atoms with E-state index in [0.29, 0.717) is 23.3 Å². The highest BCUT2D eigenvalue weighted by molar-refractivity contribution is 9.10. The molecule has 8 nitrogen and oxygen atoms in total. The van der Waals surface area contributed by atoms with Crippen LogP contribution in [0.15, 0.2) is 80.7 Å². The zero-order chi connectivity index (χ0) is 23.4. The van der Waals surface area contributed by atoms with E-state index in [4.69, 9.17) is 9.15 Å². The van der Waals surface area contributed by atoms with Gasteiger partial charge in [-0.15, -0.1) is 0 Å². The van der Waals surface area contributed by atoms with E-state index in [1.54, 1.807) is 0 Å². The van der Waals surface area contributed by atoms with Crippen LogP contribution in [0.1, 0.15) is 27.2 Å². The van der Waals surface area contributed by atoms with Gasteiger partial charge in [0, 0.05) is 17.5 Å². The molecule has 1 aromatic heterocycles. The minimum Gasteiger partial charge on any atom is -0.488 e. The number of hydrogen-bond donors (Lipinski definition) is 1. The summed E-state index contributed by atoms with van der Waals surface area (Å²) in [5.41, 5.74) is 5.69. The summed E-state index contributed by atoms with van der Waals surface area (Å²) in [7, 11) is 0. The van der Waals surface area contributed by atoms with Crippen LogP contribution in [0.25, 0.3) is 11.0 Å². The number of carbonyl (C=O) groups excluding carboxylic acids is 1. The average molecular weight is 508 g/mol. The number of carbonyl (C=O) groups is 1. The first kappa shape index (κ1) is 22.2. The molecule has 1 heterocycles. The Kier molecular flexibility index (Phi) is 6.50. The molecular formula is C24H18BrN3O5. The summed E-state index contributed by atoms with van der Waals surface area (Å²) < 4.78 is 12.0. The second-order valence-corrected chi connectivity index (χ2v) is 8.11. The molecule has 9 heteroatoms. The Morgan fingerprint density at radius 3 is 2.67 bits per heavy atom. The number of nitrogens with one attached hydrogen (secondary N) is 1. The van der Waals surface area contributed by atoms with Crippen molar-refractivity contribution in [2.24, 2.45) is 5.10 Å². The highest BCUT2D eigenvalue weighted by Crippen LogP contribution is 2.27. The molecule has 0 saturated heterocycles. The van der Waals surface area contributed by atoms with Crippen LogP contribution in [-0.4, -0.2) is 17.0 Å². The molecule has 0 aliphatic carbocycles. The van der Waals surface area contributed by atoms with Gasteiger partial charge in [0.1, 0.15) is 17.9 Å². The molecule has 1 amide bonds. The third kappa shape index (κ3) is 5.45. The number of ether oxygens (including phenoxy) is 1. The van der Waals surface area contributed by atoms with Crippen LogP contribution in [0.3, 0.4) is 0 Å². The Morgan fingerprint density at radius 1 is 1.15 bits per heavy atom. The summed E-state index contributed by atoms with van der Waals surface area (Å²) in [5, 5.41) is 15.3. The lowest BCUT2D eigenvalue weighted by atomic mass is 10.2. The molecule has 4 aromatic rings. The van der Waals surface area contributed by atoms with E-state index < -0.39 is 10.8 Å². The summed E-state index contributed by atoms with van der Waals surface area (Å²) >= 11 is 3.49. The first-order valence-electron chi connectivity index (χ1n) is 9.88. The number of furan rings is 1. The fourth-order valence-electron chi connectivity index (χ4n) is 3.04. The van der Waals surface area contributed by atoms with Crippen LogP contribution >= 0.6 is 15.9 Å². The fraction of sp³-hybridized carbons (Fsp3) is 0.0833. The maximum absolute atomic E-state index is 12.3. The zero-order valence-corrected chi connectivity index (χ0v) is 19.0. The molecule has 3 aromatic carbocycles. The quantitative estimate of drug-likeness (QED) is 0.194. The number of aryl methyl sites for hydroxylation is 1. The van der Waals surface area contributed by atoms with Crippen molar-refractivity contribution >= 4 is 44.7 Å². The van der Waals surface area contributed by atoms with Crippen molar-refractivity contribution in [2.75, 3.05) is 0 Å². The van der Waals surface area contributed by atoms with Crippen LogP contribution in [0.2, 0.25) is 0 Å². The lowest BCUT2D eigenvalue weighted by Crippen LogP contribution is -2.16. The predicted octanol–water partition coefficient (Wildman–Crippen LogP) is 5.75. The number of hydrogen-bond acceptors (Lipinski definition) is 6. The summed E-state index contributed by atoms with van der Waals surface area (Å²) in [6.07, 6.45) is 1.49. The first-order valence-corrected chi connectivity index (χ1v) is 10.7. The topological polar surface area (TPSA) is 107 Å². The highest BCUT2D eigenvalue weighted by Gasteiger charge is 2.14. The second kappa shape index (κ2) is 9.66. The van der Waals surface area contributed by atoms with Gasteiger partial charge in [-0.3, -0.25) is 14.9 Å². The number of nitrogens with zero attached hydrogens (tertiary/aromatic N) is 2. The Balaban J connectivity index is 1.37. The number of nitro benzene ring substituents is 1. The first-order chi connectivity index (χ1) is 15.9. The summed E-state index contributed by atoms with van der Waals surface area (Å²) in [5.74, 6) is 0.124. The number of halogens is 1. The van der Waals surface area contributed by atoms with Crippen LogP contribution < -0.4 is 10.2 Å². The molecule has 0 unspecified atom stereocenters. The van der Waals surface area contributed by atoms with Gasteiger partial charge in [-0.05, 0) is 64.3 Å². The molecule has 166 valence electrons. The molecule has 33 heavy (non-hydrogen) atoms. The summed E-state index contributed by atoms with van der Waals surface area (Å²) in [4.78, 5) is 22.7. The van der Waals surface area contributed by atoms with E-state index in [1.165, 1.54) is 36.0 Å². The molecule has 0 bridgehead atoms. The lowest BCUT2D eigenvalue weighted by Gasteiger charge is -2.09. The molecule has 0 saturated carbocycles. The molecule has 0 aliphatic heterocycles. The van der Waals surface area contributed by atoms with Crippen LogP contribution in [0, 0.1) is 17.0 Å². The predicted molar refractivity (Wildman–Crippen MR) is 128 cm³/mol. The van der Waals surface area contributed by atoms with E-state index in [0.717, 1.165) is 15.6 Å². The zero-order valence-electron chi connectivity index (χ0n) is 17.4. The smallest absolute Gasteiger partial charge is 0.307 e. The molecule has 0 fully saturated rings. The minimum atomic E-state index is -0.567. The van der Waals surface area contributed by atoms with Crippen molar-refractivity contribution in [2.45, 2.75) is 13.5 Å². The third-order valence-corrected chi connectivity index (χ3v) is 5.40. The van der Waals surface area contributed by atoms with Gasteiger partial charge in [0.2, 0.25) is 0 Å². The number of non-ortho nitro benzene ring substituents is 1. The molecule has 0 radical (unpaired) electrons. The maximum atomic E-state index is 12.3. The number of rotatable bonds is 7. The van der Waals surface area contributed by atoms with E-state index in [1.807, 2.05) is 49.4 Å². The lowest BCUT2D eigenvalue weighted by molar-refractivity contribution is -0.384. The van der Waals surface area contributed by atoms with E-state index in [2.05, 4.69) is 26.5 Å². The molecule has 0 aliphatic rings. The number of hydrazone groups is 1. The van der Waals surface area contributed by atoms with Gasteiger partial charge in [0.15, 0.2) is 5.76 Å². The van der Waals surface area contributed by atoms with Crippen molar-refractivity contribution in [1.29, 1.82) is 0 Å². The van der Waals surface area contributed by atoms with Crippen molar-refractivity contribution in [3.63, 3.8) is 0 Å². The van der Waals surface area contributed by atoms with Crippen LogP contribution in [0.4, 0.5) is 5.69 Å². The van der Waals surface area contributed by atoms with Gasteiger partial charge >= 0.3 is 5.91 Å². The van der Waals surface area contributed by atoms with E-state index in [-0.39, 0.29) is 11.4 Å². The molecule has 0 spiro atoms. The number of fused-ring (bicyclic) bond motifs is 1. The Morgan fingerprint density at radius 2 is 1.94 bits per heavy atom. The highest BCUT2D eigenvalue weighted by atomic mass is 79.9. The molecule has 1 N–H and O–H groups in total. The van der Waals surface area contributed by atoms with Crippen LogP contribution in [0.5, 0.6) is 5.75 Å². The van der Waals surface area contributed by atoms with Crippen molar-refractivity contribution in [3.8, 4) is 5.75 Å². The van der Waals surface area contributed by atoms with E-state index >= 15 is 0 Å². The largest absolute Gasteiger partial charge is 0.488 e. The summed E-state index contributed by atoms with van der Waals surface area (Å²) in [6, 6.07) is 19.1. The van der Waals surface area contributed by atoms with Crippen molar-refractivity contribution in [3.05, 3.63) is 104 Å². The minimum absolute atomic E-state index is 0.00341. The van der Waals surface area contributed by atoms with Crippen molar-refractivity contribution in [1.82, 2.24) is 5.43 Å². The van der Waals surface area contributed by atoms with Gasteiger partial charge in [-0.25, -0.2) is 5.43 Å². The van der Waals surface area contributed by atoms with Gasteiger partial charge < -0.3 is 9.15 Å². The fourth-order valence-corrected chi connectivity index (χ4v) is 3.55. The number of nitro groups is 1. The van der Waals surface area contributed by atoms with Gasteiger partial charge in [0.05, 0.1) is 15.6 Å². The van der Waals surface area contributed by atoms with Gasteiger partial charge in [-0.1, -0.05) is 29.8 Å². The normalized spacial score (nSPS) is 11.1. The molecule has 4 rings (SSSR count). The SMILES string of the molecule is Cc1ccc(COc2ccc(/C=N/NC(=O)c3cc4cc([N+](=O)[O-])ccc4o3)cc2Br)cc1. The maximum Gasteiger partial charge on any atom is 0.307 e. The third-order valence-electron chi connectivity index (χ3n) is 4.79. The summed E-state index contributed by atoms with van der Waals surface area (Å²) in [6.45, 7) is 2.48. The van der Waals surface area contributed by atoms with Crippen molar-refractivity contribution < 1.29 is 18.9 Å². The van der Waals surface area contributed by atoms with Gasteiger partial charge in [-0.2, -0.15) is 5.10 Å².